The van der Waals surface area contributed by atoms with Gasteiger partial charge < -0.3 is 4.57 Å². The Morgan fingerprint density at radius 2 is 1.81 bits per heavy atom. The van der Waals surface area contributed by atoms with E-state index in [4.69, 9.17) is 0 Å². The predicted octanol–water partition coefficient (Wildman–Crippen LogP) is 4.27. The Balaban J connectivity index is 1.92. The summed E-state index contributed by atoms with van der Waals surface area (Å²) in [5.41, 5.74) is 2.67. The topological polar surface area (TPSA) is 48.0 Å². The molecule has 0 N–H and O–H groups in total. The lowest BCUT2D eigenvalue weighted by molar-refractivity contribution is 0.127. The Kier molecular flexibility index (Phi) is 4.39. The SMILES string of the molecule is Fc1ccc(-c2ncn(CC(F)F)c2-c2ccc3ncc(I)n3n2)cc1. The first-order valence-electron chi connectivity index (χ1n) is 7.63. The second-order valence-corrected chi connectivity index (χ2v) is 6.67. The first-order chi connectivity index (χ1) is 12.5. The van der Waals surface area contributed by atoms with Crippen molar-refractivity contribution in [3.63, 3.8) is 0 Å². The van der Waals surface area contributed by atoms with Gasteiger partial charge in [0.1, 0.15) is 15.2 Å². The fourth-order valence-corrected chi connectivity index (χ4v) is 3.22. The molecule has 0 radical (unpaired) electrons. The molecular formula is C17H11F3IN5. The van der Waals surface area contributed by atoms with Gasteiger partial charge in [0.2, 0.25) is 0 Å². The van der Waals surface area contributed by atoms with Crippen LogP contribution >= 0.6 is 22.6 Å². The highest BCUT2D eigenvalue weighted by atomic mass is 127. The summed E-state index contributed by atoms with van der Waals surface area (Å²) in [4.78, 5) is 8.49. The standard InChI is InChI=1S/C17H11F3IN5/c18-11-3-1-10(2-4-11)16-17(25(9-23-16)8-13(19)20)12-5-6-15-22-7-14(21)26(15)24-12/h1-7,9,13H,8H2. The van der Waals surface area contributed by atoms with Crippen LogP contribution in [0.15, 0.2) is 48.9 Å². The number of hydrogen-bond acceptors (Lipinski definition) is 3. The minimum Gasteiger partial charge on any atom is -0.323 e. The Labute approximate surface area is 159 Å². The van der Waals surface area contributed by atoms with Crippen LogP contribution in [-0.4, -0.2) is 30.6 Å². The first-order valence-corrected chi connectivity index (χ1v) is 8.70. The molecule has 0 unspecified atom stereocenters. The van der Waals surface area contributed by atoms with E-state index >= 15 is 0 Å². The van der Waals surface area contributed by atoms with Crippen molar-refractivity contribution in [2.75, 3.05) is 0 Å². The third kappa shape index (κ3) is 3.06. The van der Waals surface area contributed by atoms with Crippen LogP contribution in [0.4, 0.5) is 13.2 Å². The monoisotopic (exact) mass is 469 g/mol. The van der Waals surface area contributed by atoms with Crippen LogP contribution in [0.25, 0.3) is 28.3 Å². The van der Waals surface area contributed by atoms with E-state index in [0.717, 1.165) is 3.70 Å². The molecule has 0 aliphatic carbocycles. The van der Waals surface area contributed by atoms with Gasteiger partial charge in [-0.3, -0.25) is 0 Å². The molecule has 0 aliphatic heterocycles. The molecule has 1 aromatic carbocycles. The van der Waals surface area contributed by atoms with Crippen molar-refractivity contribution in [1.29, 1.82) is 0 Å². The normalized spacial score (nSPS) is 11.6. The van der Waals surface area contributed by atoms with Crippen molar-refractivity contribution >= 4 is 28.2 Å². The van der Waals surface area contributed by atoms with Gasteiger partial charge in [0.15, 0.2) is 5.65 Å². The summed E-state index contributed by atoms with van der Waals surface area (Å²) in [6, 6.07) is 9.21. The third-order valence-corrected chi connectivity index (χ3v) is 4.59. The molecule has 5 nitrogen and oxygen atoms in total. The van der Waals surface area contributed by atoms with Gasteiger partial charge in [0.05, 0.1) is 30.5 Å². The lowest BCUT2D eigenvalue weighted by Crippen LogP contribution is -2.08. The van der Waals surface area contributed by atoms with E-state index < -0.39 is 13.0 Å². The van der Waals surface area contributed by atoms with Crippen molar-refractivity contribution in [2.45, 2.75) is 13.0 Å². The number of alkyl halides is 2. The van der Waals surface area contributed by atoms with E-state index in [1.165, 1.54) is 23.0 Å². The van der Waals surface area contributed by atoms with Gasteiger partial charge in [-0.25, -0.2) is 27.7 Å². The average molecular weight is 469 g/mol. The van der Waals surface area contributed by atoms with Gasteiger partial charge in [0.25, 0.3) is 6.43 Å². The molecule has 132 valence electrons. The molecule has 4 aromatic rings. The maximum Gasteiger partial charge on any atom is 0.256 e. The summed E-state index contributed by atoms with van der Waals surface area (Å²) in [5.74, 6) is -0.380. The number of halogens is 4. The van der Waals surface area contributed by atoms with Crippen LogP contribution in [0.2, 0.25) is 0 Å². The van der Waals surface area contributed by atoms with Crippen LogP contribution in [0.5, 0.6) is 0 Å². The van der Waals surface area contributed by atoms with Gasteiger partial charge in [0, 0.05) is 5.56 Å². The maximum atomic E-state index is 13.2. The van der Waals surface area contributed by atoms with Gasteiger partial charge in [-0.15, -0.1) is 0 Å². The Hall–Kier alpha value is -2.43. The lowest BCUT2D eigenvalue weighted by Gasteiger charge is -2.10. The summed E-state index contributed by atoms with van der Waals surface area (Å²) in [7, 11) is 0. The summed E-state index contributed by atoms with van der Waals surface area (Å²) in [6.07, 6.45) is 0.482. The van der Waals surface area contributed by atoms with Crippen molar-refractivity contribution in [3.8, 4) is 22.6 Å². The fourth-order valence-electron chi connectivity index (χ4n) is 2.73. The summed E-state index contributed by atoms with van der Waals surface area (Å²) in [6.45, 7) is -0.510. The number of rotatable bonds is 4. The first kappa shape index (κ1) is 17.0. The van der Waals surface area contributed by atoms with Crippen LogP contribution in [0.1, 0.15) is 0 Å². The quantitative estimate of drug-likeness (QED) is 0.420. The molecule has 0 saturated carbocycles. The average Bonchev–Trinajstić information content (AvgIpc) is 3.19. The molecule has 4 rings (SSSR count). The van der Waals surface area contributed by atoms with E-state index in [1.54, 1.807) is 35.0 Å². The minimum atomic E-state index is -2.54. The summed E-state index contributed by atoms with van der Waals surface area (Å²) >= 11 is 2.09. The van der Waals surface area contributed by atoms with E-state index in [-0.39, 0.29) is 5.82 Å². The van der Waals surface area contributed by atoms with Gasteiger partial charge in [-0.05, 0) is 59.0 Å². The lowest BCUT2D eigenvalue weighted by atomic mass is 10.1. The largest absolute Gasteiger partial charge is 0.323 e. The number of imidazole rings is 2. The molecule has 0 atom stereocenters. The molecule has 0 bridgehead atoms. The highest BCUT2D eigenvalue weighted by molar-refractivity contribution is 14.1. The Bertz CT molecular complexity index is 1070. The van der Waals surface area contributed by atoms with E-state index in [0.29, 0.717) is 28.3 Å². The van der Waals surface area contributed by atoms with Gasteiger partial charge >= 0.3 is 0 Å². The molecule has 3 aromatic heterocycles. The molecule has 9 heteroatoms. The van der Waals surface area contributed by atoms with E-state index in [1.807, 2.05) is 0 Å². The Morgan fingerprint density at radius 1 is 1.04 bits per heavy atom. The maximum absolute atomic E-state index is 13.2. The van der Waals surface area contributed by atoms with E-state index in [2.05, 4.69) is 37.7 Å². The predicted molar refractivity (Wildman–Crippen MR) is 98.3 cm³/mol. The van der Waals surface area contributed by atoms with Crippen LogP contribution in [-0.2, 0) is 6.54 Å². The molecule has 0 aliphatic rings. The van der Waals surface area contributed by atoms with E-state index in [9.17, 15) is 13.2 Å². The second kappa shape index (κ2) is 6.71. The second-order valence-electron chi connectivity index (χ2n) is 5.56. The number of hydrogen-bond donors (Lipinski definition) is 0. The van der Waals surface area contributed by atoms with Crippen molar-refractivity contribution < 1.29 is 13.2 Å². The molecule has 26 heavy (non-hydrogen) atoms. The molecule has 0 fully saturated rings. The zero-order chi connectivity index (χ0) is 18.3. The Morgan fingerprint density at radius 3 is 2.54 bits per heavy atom. The molecular weight excluding hydrogens is 458 g/mol. The third-order valence-electron chi connectivity index (χ3n) is 3.85. The molecule has 0 saturated heterocycles. The zero-order valence-electron chi connectivity index (χ0n) is 13.2. The molecule has 3 heterocycles. The van der Waals surface area contributed by atoms with Crippen LogP contribution in [0, 0.1) is 9.52 Å². The number of nitrogens with zero attached hydrogens (tertiary/aromatic N) is 5. The molecule has 0 spiro atoms. The number of fused-ring (bicyclic) bond motifs is 1. The number of benzene rings is 1. The van der Waals surface area contributed by atoms with Crippen molar-refractivity contribution in [3.05, 3.63) is 58.4 Å². The zero-order valence-corrected chi connectivity index (χ0v) is 15.3. The smallest absolute Gasteiger partial charge is 0.256 e. The number of aromatic nitrogens is 5. The van der Waals surface area contributed by atoms with Crippen LogP contribution < -0.4 is 0 Å². The van der Waals surface area contributed by atoms with Crippen LogP contribution in [0.3, 0.4) is 0 Å². The fraction of sp³-hybridized carbons (Fsp3) is 0.118. The highest BCUT2D eigenvalue weighted by Gasteiger charge is 2.19. The summed E-state index contributed by atoms with van der Waals surface area (Å²) < 4.78 is 43.1. The van der Waals surface area contributed by atoms with Gasteiger partial charge in [-0.1, -0.05) is 0 Å². The molecule has 0 amide bonds. The minimum absolute atomic E-state index is 0.380. The summed E-state index contributed by atoms with van der Waals surface area (Å²) in [5, 5.41) is 4.52. The highest BCUT2D eigenvalue weighted by Crippen LogP contribution is 2.31. The van der Waals surface area contributed by atoms with Crippen molar-refractivity contribution in [2.24, 2.45) is 0 Å². The van der Waals surface area contributed by atoms with Gasteiger partial charge in [-0.2, -0.15) is 5.10 Å². The van der Waals surface area contributed by atoms with Crippen molar-refractivity contribution in [1.82, 2.24) is 24.1 Å².